The van der Waals surface area contributed by atoms with E-state index in [1.165, 1.54) is 51.4 Å². The highest BCUT2D eigenvalue weighted by molar-refractivity contribution is 5.75. The first kappa shape index (κ1) is 20.9. The number of carbonyl (C=O) groups excluding carboxylic acids is 1. The molecule has 4 heteroatoms. The molecule has 0 spiro atoms. The molecule has 28 heavy (non-hydrogen) atoms. The summed E-state index contributed by atoms with van der Waals surface area (Å²) in [6.07, 6.45) is 12.7. The van der Waals surface area contributed by atoms with Crippen LogP contribution in [0.15, 0.2) is 24.3 Å². The Labute approximate surface area is 169 Å². The first-order valence-corrected chi connectivity index (χ1v) is 11.2. The van der Waals surface area contributed by atoms with Crippen LogP contribution >= 0.6 is 0 Å². The molecule has 0 amide bonds. The Morgan fingerprint density at radius 1 is 1.07 bits per heavy atom. The van der Waals surface area contributed by atoms with Crippen molar-refractivity contribution in [3.05, 3.63) is 29.8 Å². The molecule has 1 saturated heterocycles. The quantitative estimate of drug-likeness (QED) is 0.364. The van der Waals surface area contributed by atoms with Gasteiger partial charge in [-0.25, -0.2) is 0 Å². The van der Waals surface area contributed by atoms with E-state index in [1.54, 1.807) is 24.3 Å². The van der Waals surface area contributed by atoms with Crippen molar-refractivity contribution in [3.63, 3.8) is 0 Å². The van der Waals surface area contributed by atoms with Gasteiger partial charge in [-0.15, -0.1) is 0 Å². The summed E-state index contributed by atoms with van der Waals surface area (Å²) in [7, 11) is 0. The number of unbranched alkanes of at least 4 members (excludes halogenated alkanes) is 2. The van der Waals surface area contributed by atoms with Gasteiger partial charge in [0.1, 0.15) is 5.75 Å². The topological polar surface area (TPSA) is 53.3 Å². The molecule has 152 valence electrons. The number of hydrogen-bond acceptors (Lipinski definition) is 4. The lowest BCUT2D eigenvalue weighted by atomic mass is 9.81. The lowest BCUT2D eigenvalue weighted by Gasteiger charge is -2.40. The van der Waals surface area contributed by atoms with Crippen molar-refractivity contribution >= 4 is 5.97 Å². The third-order valence-corrected chi connectivity index (χ3v) is 6.61. The summed E-state index contributed by atoms with van der Waals surface area (Å²) in [6.45, 7) is 4.30. The summed E-state index contributed by atoms with van der Waals surface area (Å²) in [5.41, 5.74) is 0.577. The van der Waals surface area contributed by atoms with E-state index in [0.29, 0.717) is 11.3 Å². The fourth-order valence-electron chi connectivity index (χ4n) is 4.78. The highest BCUT2D eigenvalue weighted by atomic mass is 16.5. The molecule has 2 aliphatic rings. The zero-order chi connectivity index (χ0) is 19.8. The standard InChI is InChI=1S/C24H34N2O2/c1-2-3-4-5-19-6-10-22(11-7-19)26-16-14-21(15-17-26)24(27)28-23-12-8-20(18-25)9-13-23/h8-9,12-13,19,21-22H,2-7,10-11,14-17H2,1H3/t19-,22-. The van der Waals surface area contributed by atoms with Gasteiger partial charge >= 0.3 is 5.97 Å². The van der Waals surface area contributed by atoms with Crippen LogP contribution in [0.2, 0.25) is 0 Å². The fourth-order valence-corrected chi connectivity index (χ4v) is 4.78. The van der Waals surface area contributed by atoms with Gasteiger partial charge in [-0.2, -0.15) is 5.26 Å². The van der Waals surface area contributed by atoms with Crippen molar-refractivity contribution in [2.45, 2.75) is 77.2 Å². The van der Waals surface area contributed by atoms with Crippen LogP contribution in [0.25, 0.3) is 0 Å². The number of ether oxygens (including phenoxy) is 1. The second-order valence-electron chi connectivity index (χ2n) is 8.54. The van der Waals surface area contributed by atoms with E-state index < -0.39 is 0 Å². The van der Waals surface area contributed by atoms with Crippen molar-refractivity contribution < 1.29 is 9.53 Å². The number of likely N-dealkylation sites (tertiary alicyclic amines) is 1. The first-order valence-electron chi connectivity index (χ1n) is 11.2. The van der Waals surface area contributed by atoms with Gasteiger partial charge in [-0.05, 0) is 81.8 Å². The van der Waals surface area contributed by atoms with E-state index in [1.807, 2.05) is 0 Å². The van der Waals surface area contributed by atoms with Gasteiger partial charge in [0.15, 0.2) is 0 Å². The van der Waals surface area contributed by atoms with E-state index in [4.69, 9.17) is 10.00 Å². The summed E-state index contributed by atoms with van der Waals surface area (Å²) in [4.78, 5) is 15.1. The molecule has 1 saturated carbocycles. The van der Waals surface area contributed by atoms with Crippen LogP contribution in [-0.4, -0.2) is 30.0 Å². The van der Waals surface area contributed by atoms with Crippen molar-refractivity contribution in [1.29, 1.82) is 5.26 Å². The number of benzene rings is 1. The SMILES string of the molecule is CCCCC[C@H]1CC[C@H](N2CCC(C(=O)Oc3ccc(C#N)cc3)CC2)CC1. The second-order valence-corrected chi connectivity index (χ2v) is 8.54. The second kappa shape index (κ2) is 10.6. The third-order valence-electron chi connectivity index (χ3n) is 6.61. The Balaban J connectivity index is 1.38. The molecule has 1 aromatic rings. The Hall–Kier alpha value is -1.86. The number of piperidine rings is 1. The van der Waals surface area contributed by atoms with E-state index in [9.17, 15) is 4.79 Å². The molecular weight excluding hydrogens is 348 g/mol. The summed E-state index contributed by atoms with van der Waals surface area (Å²) in [5.74, 6) is 1.36. The fraction of sp³-hybridized carbons (Fsp3) is 0.667. The first-order chi connectivity index (χ1) is 13.7. The Bertz CT molecular complexity index is 648. The minimum absolute atomic E-state index is 0.00252. The molecule has 1 aliphatic carbocycles. The lowest BCUT2D eigenvalue weighted by molar-refractivity contribution is -0.140. The van der Waals surface area contributed by atoms with E-state index in [2.05, 4.69) is 17.9 Å². The predicted octanol–water partition coefficient (Wildman–Crippen LogP) is 5.31. The molecule has 4 nitrogen and oxygen atoms in total. The Morgan fingerprint density at radius 3 is 2.36 bits per heavy atom. The normalized spacial score (nSPS) is 23.9. The smallest absolute Gasteiger partial charge is 0.314 e. The van der Waals surface area contributed by atoms with E-state index in [0.717, 1.165) is 37.9 Å². The molecule has 1 heterocycles. The number of rotatable bonds is 7. The average Bonchev–Trinajstić information content (AvgIpc) is 2.75. The minimum Gasteiger partial charge on any atom is -0.426 e. The van der Waals surface area contributed by atoms with Crippen molar-refractivity contribution in [1.82, 2.24) is 4.90 Å². The third kappa shape index (κ3) is 5.82. The summed E-state index contributed by atoms with van der Waals surface area (Å²) < 4.78 is 5.53. The molecule has 0 unspecified atom stereocenters. The number of nitriles is 1. The Kier molecular flexibility index (Phi) is 7.91. The van der Waals surface area contributed by atoms with Crippen molar-refractivity contribution in [2.24, 2.45) is 11.8 Å². The maximum atomic E-state index is 12.5. The van der Waals surface area contributed by atoms with Gasteiger partial charge in [-0.1, -0.05) is 32.6 Å². The zero-order valence-corrected chi connectivity index (χ0v) is 17.2. The van der Waals surface area contributed by atoms with Gasteiger partial charge in [0.2, 0.25) is 0 Å². The maximum Gasteiger partial charge on any atom is 0.314 e. The number of esters is 1. The van der Waals surface area contributed by atoms with Crippen LogP contribution < -0.4 is 4.74 Å². The van der Waals surface area contributed by atoms with E-state index in [-0.39, 0.29) is 11.9 Å². The molecule has 3 rings (SSSR count). The van der Waals surface area contributed by atoms with Crippen molar-refractivity contribution in [3.8, 4) is 11.8 Å². The minimum atomic E-state index is -0.121. The molecule has 0 N–H and O–H groups in total. The number of carbonyl (C=O) groups is 1. The highest BCUT2D eigenvalue weighted by Gasteiger charge is 2.31. The van der Waals surface area contributed by atoms with Crippen LogP contribution in [-0.2, 0) is 4.79 Å². The van der Waals surface area contributed by atoms with Gasteiger partial charge < -0.3 is 9.64 Å². The predicted molar refractivity (Wildman–Crippen MR) is 111 cm³/mol. The molecular formula is C24H34N2O2. The molecule has 0 atom stereocenters. The molecule has 0 radical (unpaired) electrons. The Morgan fingerprint density at radius 2 is 1.75 bits per heavy atom. The summed E-state index contributed by atoms with van der Waals surface area (Å²) in [5, 5.41) is 8.85. The molecule has 1 aromatic carbocycles. The van der Waals surface area contributed by atoms with Crippen LogP contribution in [0, 0.1) is 23.2 Å². The number of hydrogen-bond donors (Lipinski definition) is 0. The van der Waals surface area contributed by atoms with Gasteiger partial charge in [0, 0.05) is 6.04 Å². The van der Waals surface area contributed by atoms with Crippen LogP contribution in [0.3, 0.4) is 0 Å². The van der Waals surface area contributed by atoms with E-state index >= 15 is 0 Å². The lowest BCUT2D eigenvalue weighted by Crippen LogP contribution is -2.44. The molecule has 0 bridgehead atoms. The maximum absolute atomic E-state index is 12.5. The summed E-state index contributed by atoms with van der Waals surface area (Å²) >= 11 is 0. The molecule has 2 fully saturated rings. The largest absolute Gasteiger partial charge is 0.426 e. The zero-order valence-electron chi connectivity index (χ0n) is 17.2. The monoisotopic (exact) mass is 382 g/mol. The van der Waals surface area contributed by atoms with Crippen LogP contribution in [0.4, 0.5) is 0 Å². The molecule has 1 aliphatic heterocycles. The van der Waals surface area contributed by atoms with Crippen LogP contribution in [0.5, 0.6) is 5.75 Å². The highest BCUT2D eigenvalue weighted by Crippen LogP contribution is 2.33. The summed E-state index contributed by atoms with van der Waals surface area (Å²) in [6, 6.07) is 9.56. The van der Waals surface area contributed by atoms with Crippen LogP contribution in [0.1, 0.15) is 76.7 Å². The van der Waals surface area contributed by atoms with Crippen molar-refractivity contribution in [2.75, 3.05) is 13.1 Å². The van der Waals surface area contributed by atoms with Gasteiger partial charge in [-0.3, -0.25) is 4.79 Å². The van der Waals surface area contributed by atoms with Gasteiger partial charge in [0.05, 0.1) is 17.6 Å². The number of nitrogens with zero attached hydrogens (tertiary/aromatic N) is 2. The molecule has 0 aromatic heterocycles. The van der Waals surface area contributed by atoms with Gasteiger partial charge in [0.25, 0.3) is 0 Å². The average molecular weight is 383 g/mol.